The molecule has 1 aromatic rings. The SMILES string of the molecule is CC(C)Nc1ncccc1C(=O)NC[C@@H]1C[C@H](F)CN1. The lowest BCUT2D eigenvalue weighted by Crippen LogP contribution is -2.37. The Morgan fingerprint density at radius 3 is 3.05 bits per heavy atom. The van der Waals surface area contributed by atoms with Gasteiger partial charge in [0.1, 0.15) is 12.0 Å². The normalized spacial score (nSPS) is 22.0. The first-order valence-electron chi connectivity index (χ1n) is 6.93. The van der Waals surface area contributed by atoms with Gasteiger partial charge in [0.25, 0.3) is 5.91 Å². The van der Waals surface area contributed by atoms with E-state index in [2.05, 4.69) is 20.9 Å². The number of nitrogens with one attached hydrogen (secondary N) is 3. The van der Waals surface area contributed by atoms with Crippen molar-refractivity contribution in [3.05, 3.63) is 23.9 Å². The van der Waals surface area contributed by atoms with E-state index in [0.29, 0.717) is 30.9 Å². The van der Waals surface area contributed by atoms with E-state index in [1.165, 1.54) is 0 Å². The number of anilines is 1. The zero-order valence-corrected chi connectivity index (χ0v) is 11.8. The van der Waals surface area contributed by atoms with E-state index in [-0.39, 0.29) is 18.0 Å². The molecule has 0 bridgehead atoms. The average Bonchev–Trinajstić information content (AvgIpc) is 2.82. The second-order valence-corrected chi connectivity index (χ2v) is 5.35. The number of alkyl halides is 1. The summed E-state index contributed by atoms with van der Waals surface area (Å²) >= 11 is 0. The highest BCUT2D eigenvalue weighted by atomic mass is 19.1. The summed E-state index contributed by atoms with van der Waals surface area (Å²) in [6, 6.07) is 3.66. The monoisotopic (exact) mass is 280 g/mol. The maximum atomic E-state index is 13.0. The fourth-order valence-electron chi connectivity index (χ4n) is 2.21. The van der Waals surface area contributed by atoms with Crippen molar-refractivity contribution >= 4 is 11.7 Å². The molecule has 1 aromatic heterocycles. The maximum absolute atomic E-state index is 13.0. The zero-order chi connectivity index (χ0) is 14.5. The van der Waals surface area contributed by atoms with E-state index < -0.39 is 6.17 Å². The van der Waals surface area contributed by atoms with Crippen molar-refractivity contribution < 1.29 is 9.18 Å². The second-order valence-electron chi connectivity index (χ2n) is 5.35. The molecule has 0 radical (unpaired) electrons. The van der Waals surface area contributed by atoms with Crippen LogP contribution in [0.4, 0.5) is 10.2 Å². The van der Waals surface area contributed by atoms with Crippen LogP contribution in [0.15, 0.2) is 18.3 Å². The Morgan fingerprint density at radius 1 is 1.60 bits per heavy atom. The highest BCUT2D eigenvalue weighted by Crippen LogP contribution is 2.13. The van der Waals surface area contributed by atoms with E-state index in [4.69, 9.17) is 0 Å². The van der Waals surface area contributed by atoms with Gasteiger partial charge in [-0.15, -0.1) is 0 Å². The minimum absolute atomic E-state index is 0.00660. The third kappa shape index (κ3) is 3.90. The summed E-state index contributed by atoms with van der Waals surface area (Å²) in [6.45, 7) is 4.77. The van der Waals surface area contributed by atoms with Crippen LogP contribution in [0.25, 0.3) is 0 Å². The van der Waals surface area contributed by atoms with Crippen LogP contribution >= 0.6 is 0 Å². The minimum Gasteiger partial charge on any atom is -0.367 e. The van der Waals surface area contributed by atoms with Gasteiger partial charge in [-0.1, -0.05) is 0 Å². The molecule has 2 heterocycles. The van der Waals surface area contributed by atoms with Gasteiger partial charge in [0.15, 0.2) is 0 Å². The topological polar surface area (TPSA) is 66.0 Å². The van der Waals surface area contributed by atoms with Crippen LogP contribution in [-0.2, 0) is 0 Å². The Morgan fingerprint density at radius 2 is 2.40 bits per heavy atom. The van der Waals surface area contributed by atoms with Crippen molar-refractivity contribution in [2.24, 2.45) is 0 Å². The maximum Gasteiger partial charge on any atom is 0.255 e. The predicted octanol–water partition coefficient (Wildman–Crippen LogP) is 1.33. The zero-order valence-electron chi connectivity index (χ0n) is 11.8. The lowest BCUT2D eigenvalue weighted by Gasteiger charge is -2.15. The molecule has 0 saturated carbocycles. The van der Waals surface area contributed by atoms with E-state index in [9.17, 15) is 9.18 Å². The molecule has 1 aliphatic heterocycles. The van der Waals surface area contributed by atoms with Crippen molar-refractivity contribution in [1.82, 2.24) is 15.6 Å². The molecular weight excluding hydrogens is 259 g/mol. The van der Waals surface area contributed by atoms with Crippen LogP contribution in [0.2, 0.25) is 0 Å². The summed E-state index contributed by atoms with van der Waals surface area (Å²) in [5.41, 5.74) is 0.510. The van der Waals surface area contributed by atoms with Crippen molar-refractivity contribution in [2.45, 2.75) is 38.5 Å². The van der Waals surface area contributed by atoms with Gasteiger partial charge in [0.05, 0.1) is 5.56 Å². The van der Waals surface area contributed by atoms with Crippen LogP contribution in [0, 0.1) is 0 Å². The summed E-state index contributed by atoms with van der Waals surface area (Å²) < 4.78 is 13.0. The molecule has 110 valence electrons. The van der Waals surface area contributed by atoms with Crippen molar-refractivity contribution in [3.8, 4) is 0 Å². The summed E-state index contributed by atoms with van der Waals surface area (Å²) in [7, 11) is 0. The Hall–Kier alpha value is -1.69. The van der Waals surface area contributed by atoms with Crippen LogP contribution in [0.3, 0.4) is 0 Å². The predicted molar refractivity (Wildman–Crippen MR) is 76.6 cm³/mol. The number of aromatic nitrogens is 1. The van der Waals surface area contributed by atoms with Crippen LogP contribution in [-0.4, -0.2) is 42.2 Å². The molecule has 0 unspecified atom stereocenters. The summed E-state index contributed by atoms with van der Waals surface area (Å²) in [5.74, 6) is 0.383. The Balaban J connectivity index is 1.95. The van der Waals surface area contributed by atoms with E-state index in [0.717, 1.165) is 0 Å². The van der Waals surface area contributed by atoms with Crippen LogP contribution in [0.1, 0.15) is 30.6 Å². The molecule has 0 aliphatic carbocycles. The lowest BCUT2D eigenvalue weighted by atomic mass is 10.2. The molecule has 20 heavy (non-hydrogen) atoms. The molecule has 1 fully saturated rings. The average molecular weight is 280 g/mol. The molecule has 0 spiro atoms. The van der Waals surface area contributed by atoms with Gasteiger partial charge in [0.2, 0.25) is 0 Å². The fourth-order valence-corrected chi connectivity index (χ4v) is 2.21. The number of carbonyl (C=O) groups excluding carboxylic acids is 1. The van der Waals surface area contributed by atoms with Crippen molar-refractivity contribution in [2.75, 3.05) is 18.4 Å². The van der Waals surface area contributed by atoms with Gasteiger partial charge in [-0.2, -0.15) is 0 Å². The smallest absolute Gasteiger partial charge is 0.255 e. The number of nitrogens with zero attached hydrogens (tertiary/aromatic N) is 1. The summed E-state index contributed by atoms with van der Waals surface area (Å²) in [4.78, 5) is 16.4. The Labute approximate surface area is 118 Å². The fraction of sp³-hybridized carbons (Fsp3) is 0.571. The van der Waals surface area contributed by atoms with Crippen LogP contribution < -0.4 is 16.0 Å². The first kappa shape index (κ1) is 14.7. The summed E-state index contributed by atoms with van der Waals surface area (Å²) in [5, 5.41) is 9.01. The highest BCUT2D eigenvalue weighted by molar-refractivity contribution is 5.98. The molecular formula is C14H21FN4O. The van der Waals surface area contributed by atoms with Gasteiger partial charge in [-0.3, -0.25) is 4.79 Å². The Kier molecular flexibility index (Phi) is 4.89. The molecule has 1 saturated heterocycles. The number of rotatable bonds is 5. The standard InChI is InChI=1S/C14H21FN4O/c1-9(2)19-13-12(4-3-5-16-13)14(20)18-8-11-6-10(15)7-17-11/h3-5,9-11,17H,6-8H2,1-2H3,(H,16,19)(H,18,20)/t10-,11-/m0/s1. The van der Waals surface area contributed by atoms with Gasteiger partial charge < -0.3 is 16.0 Å². The quantitative estimate of drug-likeness (QED) is 0.761. The number of carbonyl (C=O) groups is 1. The number of pyridine rings is 1. The number of hydrogen-bond donors (Lipinski definition) is 3. The third-order valence-corrected chi connectivity index (χ3v) is 3.16. The number of halogens is 1. The highest BCUT2D eigenvalue weighted by Gasteiger charge is 2.24. The summed E-state index contributed by atoms with van der Waals surface area (Å²) in [6.07, 6.45) is 1.28. The van der Waals surface area contributed by atoms with Crippen molar-refractivity contribution in [3.63, 3.8) is 0 Å². The molecule has 5 nitrogen and oxygen atoms in total. The second kappa shape index (κ2) is 6.65. The molecule has 1 aliphatic rings. The van der Waals surface area contributed by atoms with E-state index in [1.54, 1.807) is 18.3 Å². The number of amides is 1. The Bertz CT molecular complexity index is 466. The third-order valence-electron chi connectivity index (χ3n) is 3.16. The van der Waals surface area contributed by atoms with Gasteiger partial charge in [0, 0.05) is 31.4 Å². The lowest BCUT2D eigenvalue weighted by molar-refractivity contribution is 0.0950. The molecule has 0 aromatic carbocycles. The molecule has 2 atom stereocenters. The molecule has 2 rings (SSSR count). The van der Waals surface area contributed by atoms with E-state index >= 15 is 0 Å². The number of hydrogen-bond acceptors (Lipinski definition) is 4. The minimum atomic E-state index is -0.812. The first-order chi connectivity index (χ1) is 9.56. The largest absolute Gasteiger partial charge is 0.367 e. The van der Waals surface area contributed by atoms with Gasteiger partial charge in [-0.05, 0) is 32.4 Å². The van der Waals surface area contributed by atoms with E-state index in [1.807, 2.05) is 13.8 Å². The molecule has 1 amide bonds. The van der Waals surface area contributed by atoms with Crippen LogP contribution in [0.5, 0.6) is 0 Å². The van der Waals surface area contributed by atoms with Crippen molar-refractivity contribution in [1.29, 1.82) is 0 Å². The van der Waals surface area contributed by atoms with Gasteiger partial charge in [-0.25, -0.2) is 9.37 Å². The molecule has 6 heteroatoms. The molecule has 3 N–H and O–H groups in total. The van der Waals surface area contributed by atoms with Gasteiger partial charge >= 0.3 is 0 Å². The first-order valence-corrected chi connectivity index (χ1v) is 6.93.